The highest BCUT2D eigenvalue weighted by Gasteiger charge is 2.33. The van der Waals surface area contributed by atoms with Gasteiger partial charge in [-0.05, 0) is 45.4 Å². The summed E-state index contributed by atoms with van der Waals surface area (Å²) in [6.07, 6.45) is 0.669. The van der Waals surface area contributed by atoms with Gasteiger partial charge < -0.3 is 15.8 Å². The highest BCUT2D eigenvalue weighted by Crippen LogP contribution is 2.30. The van der Waals surface area contributed by atoms with E-state index in [1.807, 2.05) is 45.0 Å². The zero-order valence-corrected chi connectivity index (χ0v) is 14.3. The second kappa shape index (κ2) is 7.71. The molecule has 1 rings (SSSR count). The van der Waals surface area contributed by atoms with Crippen LogP contribution in [0.5, 0.6) is 5.75 Å². The molecule has 0 fully saturated rings. The fourth-order valence-corrected chi connectivity index (χ4v) is 3.61. The van der Waals surface area contributed by atoms with Gasteiger partial charge in [-0.15, -0.1) is 11.8 Å². The third-order valence-electron chi connectivity index (χ3n) is 3.23. The van der Waals surface area contributed by atoms with Gasteiger partial charge in [0.2, 0.25) is 5.91 Å². The van der Waals surface area contributed by atoms with Crippen molar-refractivity contribution in [2.24, 2.45) is 5.73 Å². The van der Waals surface area contributed by atoms with Crippen LogP contribution in [-0.2, 0) is 4.79 Å². The number of nitrogens with two attached hydrogens (primary N) is 1. The molecule has 0 aromatic heterocycles. The van der Waals surface area contributed by atoms with E-state index in [-0.39, 0.29) is 17.2 Å². The molecule has 2 atom stereocenters. The zero-order valence-electron chi connectivity index (χ0n) is 13.5. The van der Waals surface area contributed by atoms with Crippen molar-refractivity contribution in [2.75, 3.05) is 7.11 Å². The molecular weight excluding hydrogens is 284 g/mol. The highest BCUT2D eigenvalue weighted by molar-refractivity contribution is 8.00. The fourth-order valence-electron chi connectivity index (χ4n) is 2.39. The molecule has 0 saturated heterocycles. The number of carbonyl (C=O) groups excluding carboxylic acids is 1. The number of hydrogen-bond donors (Lipinski definition) is 2. The van der Waals surface area contributed by atoms with E-state index in [2.05, 4.69) is 12.2 Å². The maximum Gasteiger partial charge on any atom is 0.237 e. The van der Waals surface area contributed by atoms with Gasteiger partial charge in [-0.2, -0.15) is 0 Å². The molecule has 1 aromatic carbocycles. The average Bonchev–Trinajstić information content (AvgIpc) is 2.37. The summed E-state index contributed by atoms with van der Waals surface area (Å²) in [6, 6.07) is 8.13. The Kier molecular flexibility index (Phi) is 6.55. The first-order valence-corrected chi connectivity index (χ1v) is 8.03. The Hall–Kier alpha value is -1.20. The largest absolute Gasteiger partial charge is 0.497 e. The lowest BCUT2D eigenvalue weighted by Crippen LogP contribution is -2.56. The molecule has 0 aliphatic rings. The molecule has 0 aliphatic carbocycles. The maximum absolute atomic E-state index is 11.8. The molecule has 5 heteroatoms. The van der Waals surface area contributed by atoms with E-state index in [9.17, 15) is 4.79 Å². The van der Waals surface area contributed by atoms with E-state index in [1.54, 1.807) is 18.9 Å². The van der Waals surface area contributed by atoms with Crippen molar-refractivity contribution < 1.29 is 9.53 Å². The van der Waals surface area contributed by atoms with Crippen LogP contribution in [0.2, 0.25) is 0 Å². The van der Waals surface area contributed by atoms with Crippen molar-refractivity contribution in [3.8, 4) is 5.75 Å². The van der Waals surface area contributed by atoms with E-state index in [4.69, 9.17) is 10.5 Å². The second-order valence-electron chi connectivity index (χ2n) is 5.81. The molecule has 0 aliphatic heterocycles. The first-order valence-electron chi connectivity index (χ1n) is 7.15. The van der Waals surface area contributed by atoms with Crippen molar-refractivity contribution in [3.63, 3.8) is 0 Å². The minimum absolute atomic E-state index is 0.205. The Morgan fingerprint density at radius 2 is 2.10 bits per heavy atom. The summed E-state index contributed by atoms with van der Waals surface area (Å²) in [6.45, 7) is 8.01. The van der Waals surface area contributed by atoms with Crippen molar-refractivity contribution in [2.45, 2.75) is 55.8 Å². The summed E-state index contributed by atoms with van der Waals surface area (Å²) in [5.74, 6) is 0.527. The number of primary amides is 1. The van der Waals surface area contributed by atoms with Gasteiger partial charge in [-0.3, -0.25) is 4.79 Å². The quantitative estimate of drug-likeness (QED) is 0.725. The highest BCUT2D eigenvalue weighted by atomic mass is 32.2. The van der Waals surface area contributed by atoms with Crippen LogP contribution in [0.3, 0.4) is 0 Å². The number of methoxy groups -OCH3 is 1. The molecule has 2 unspecified atom stereocenters. The van der Waals surface area contributed by atoms with E-state index in [0.717, 1.165) is 10.6 Å². The minimum Gasteiger partial charge on any atom is -0.497 e. The average molecular weight is 310 g/mol. The number of amides is 1. The number of hydrogen-bond acceptors (Lipinski definition) is 4. The summed E-state index contributed by atoms with van der Waals surface area (Å²) in [4.78, 5) is 12.9. The zero-order chi connectivity index (χ0) is 16.0. The first-order chi connectivity index (χ1) is 9.76. The molecule has 0 spiro atoms. The Morgan fingerprint density at radius 1 is 1.43 bits per heavy atom. The minimum atomic E-state index is -0.695. The number of nitrogens with one attached hydrogen (secondary N) is 1. The predicted octanol–water partition coefficient (Wildman–Crippen LogP) is 2.81. The Labute approximate surface area is 131 Å². The van der Waals surface area contributed by atoms with Crippen LogP contribution < -0.4 is 15.8 Å². The van der Waals surface area contributed by atoms with Crippen LogP contribution in [0.15, 0.2) is 29.2 Å². The third-order valence-corrected chi connectivity index (χ3v) is 4.32. The first kappa shape index (κ1) is 17.9. The van der Waals surface area contributed by atoms with Crippen molar-refractivity contribution >= 4 is 17.7 Å². The van der Waals surface area contributed by atoms with E-state index >= 15 is 0 Å². The van der Waals surface area contributed by atoms with E-state index < -0.39 is 5.54 Å². The Morgan fingerprint density at radius 3 is 2.62 bits per heavy atom. The van der Waals surface area contributed by atoms with Crippen LogP contribution >= 0.6 is 11.8 Å². The van der Waals surface area contributed by atoms with Crippen LogP contribution in [0.25, 0.3) is 0 Å². The summed E-state index contributed by atoms with van der Waals surface area (Å²) in [5, 5.41) is 3.53. The Bertz CT molecular complexity index is 479. The number of carbonyl (C=O) groups is 1. The van der Waals surface area contributed by atoms with Gasteiger partial charge >= 0.3 is 0 Å². The van der Waals surface area contributed by atoms with E-state index in [0.29, 0.717) is 6.42 Å². The normalized spacial score (nSPS) is 15.5. The van der Waals surface area contributed by atoms with Crippen molar-refractivity contribution in [3.05, 3.63) is 24.3 Å². The third kappa shape index (κ3) is 5.59. The number of ether oxygens (including phenoxy) is 1. The molecule has 0 saturated carbocycles. The molecule has 3 N–H and O–H groups in total. The van der Waals surface area contributed by atoms with Gasteiger partial charge in [-0.25, -0.2) is 0 Å². The van der Waals surface area contributed by atoms with Crippen LogP contribution in [-0.4, -0.2) is 29.8 Å². The molecule has 21 heavy (non-hydrogen) atoms. The van der Waals surface area contributed by atoms with Gasteiger partial charge in [0, 0.05) is 16.2 Å². The van der Waals surface area contributed by atoms with Crippen molar-refractivity contribution in [1.29, 1.82) is 0 Å². The second-order valence-corrected chi connectivity index (χ2v) is 7.32. The SMILES string of the molecule is COc1cccc(SC(C)CC(C)(NC(C)C)C(N)=O)c1. The lowest BCUT2D eigenvalue weighted by Gasteiger charge is -2.32. The summed E-state index contributed by atoms with van der Waals surface area (Å²) < 4.78 is 5.23. The maximum atomic E-state index is 11.8. The lowest BCUT2D eigenvalue weighted by atomic mass is 9.94. The number of benzene rings is 1. The van der Waals surface area contributed by atoms with Crippen molar-refractivity contribution in [1.82, 2.24) is 5.32 Å². The van der Waals surface area contributed by atoms with Gasteiger partial charge in [-0.1, -0.05) is 13.0 Å². The van der Waals surface area contributed by atoms with E-state index in [1.165, 1.54) is 0 Å². The van der Waals surface area contributed by atoms with Gasteiger partial charge in [0.15, 0.2) is 0 Å². The van der Waals surface area contributed by atoms with Crippen LogP contribution in [0.4, 0.5) is 0 Å². The molecule has 1 aromatic rings. The summed E-state index contributed by atoms with van der Waals surface area (Å²) >= 11 is 1.72. The predicted molar refractivity (Wildman–Crippen MR) is 88.8 cm³/mol. The summed E-state index contributed by atoms with van der Waals surface area (Å²) in [7, 11) is 1.66. The van der Waals surface area contributed by atoms with Crippen LogP contribution in [0.1, 0.15) is 34.1 Å². The molecule has 4 nitrogen and oxygen atoms in total. The lowest BCUT2D eigenvalue weighted by molar-refractivity contribution is -0.124. The summed E-state index contributed by atoms with van der Waals surface area (Å²) in [5.41, 5.74) is 4.88. The molecular formula is C16H26N2O2S. The molecule has 0 radical (unpaired) electrons. The Balaban J connectivity index is 2.73. The fraction of sp³-hybridized carbons (Fsp3) is 0.562. The monoisotopic (exact) mass is 310 g/mol. The molecule has 118 valence electrons. The molecule has 0 heterocycles. The van der Waals surface area contributed by atoms with Gasteiger partial charge in [0.05, 0.1) is 12.6 Å². The topological polar surface area (TPSA) is 64.3 Å². The number of rotatable bonds is 8. The van der Waals surface area contributed by atoms with Gasteiger partial charge in [0.25, 0.3) is 0 Å². The molecule has 1 amide bonds. The standard InChI is InChI=1S/C16H26N2O2S/c1-11(2)18-16(4,15(17)19)10-12(3)21-14-8-6-7-13(9-14)20-5/h6-9,11-12,18H,10H2,1-5H3,(H2,17,19). The van der Waals surface area contributed by atoms with Crippen LogP contribution in [0, 0.1) is 0 Å². The number of thioether (sulfide) groups is 1. The molecule has 0 bridgehead atoms. The smallest absolute Gasteiger partial charge is 0.237 e. The van der Waals surface area contributed by atoms with Gasteiger partial charge in [0.1, 0.15) is 5.75 Å².